The second-order valence-corrected chi connectivity index (χ2v) is 6.98. The number of amides is 2. The van der Waals surface area contributed by atoms with Crippen molar-refractivity contribution in [1.29, 1.82) is 0 Å². The predicted octanol–water partition coefficient (Wildman–Crippen LogP) is 1.91. The lowest BCUT2D eigenvalue weighted by Crippen LogP contribution is -2.33. The maximum Gasteiger partial charge on any atom is 0.341 e. The molecule has 9 heteroatoms. The quantitative estimate of drug-likeness (QED) is 0.823. The molecule has 1 N–H and O–H groups in total. The van der Waals surface area contributed by atoms with Crippen LogP contribution in [0.3, 0.4) is 0 Å². The zero-order valence-electron chi connectivity index (χ0n) is 14.9. The van der Waals surface area contributed by atoms with Gasteiger partial charge in [0.2, 0.25) is 5.91 Å². The van der Waals surface area contributed by atoms with Crippen LogP contribution in [0, 0.1) is 0 Å². The number of hydrogen-bond donors (Lipinski definition) is 1. The molecule has 1 aliphatic rings. The number of aryl methyl sites for hydroxylation is 1. The molecule has 26 heavy (non-hydrogen) atoms. The van der Waals surface area contributed by atoms with Crippen LogP contribution in [-0.2, 0) is 29.0 Å². The highest BCUT2D eigenvalue weighted by Gasteiger charge is 2.30. The van der Waals surface area contributed by atoms with Crippen molar-refractivity contribution in [3.8, 4) is 0 Å². The van der Waals surface area contributed by atoms with Crippen LogP contribution in [0.15, 0.2) is 12.3 Å². The fourth-order valence-electron chi connectivity index (χ4n) is 3.02. The Morgan fingerprint density at radius 2 is 2.15 bits per heavy atom. The molecule has 1 aliphatic heterocycles. The standard InChI is InChI=1S/C17H20N4O4S/c1-4-21-12(5-7-18-21)15(23)19-16-14(17(24)25-3)11-6-8-20(10(2)22)9-13(11)26-16/h5,7H,4,6,8-9H2,1-3H3,(H,19,23). The molecular weight excluding hydrogens is 356 g/mol. The van der Waals surface area contributed by atoms with Gasteiger partial charge < -0.3 is 15.0 Å². The molecule has 0 spiro atoms. The van der Waals surface area contributed by atoms with Crippen molar-refractivity contribution in [2.75, 3.05) is 19.0 Å². The van der Waals surface area contributed by atoms with E-state index in [2.05, 4.69) is 10.4 Å². The fraction of sp³-hybridized carbons (Fsp3) is 0.412. The number of nitrogens with zero attached hydrogens (tertiary/aromatic N) is 3. The van der Waals surface area contributed by atoms with E-state index in [0.29, 0.717) is 42.3 Å². The Kier molecular flexibility index (Phi) is 5.08. The summed E-state index contributed by atoms with van der Waals surface area (Å²) in [5.41, 5.74) is 1.64. The van der Waals surface area contributed by atoms with Crippen molar-refractivity contribution in [2.45, 2.75) is 33.4 Å². The van der Waals surface area contributed by atoms with Crippen molar-refractivity contribution in [3.63, 3.8) is 0 Å². The molecule has 0 radical (unpaired) electrons. The second kappa shape index (κ2) is 7.28. The molecule has 3 heterocycles. The van der Waals surface area contributed by atoms with Crippen LogP contribution >= 0.6 is 11.3 Å². The Hall–Kier alpha value is -2.68. The third-order valence-corrected chi connectivity index (χ3v) is 5.50. The zero-order valence-corrected chi connectivity index (χ0v) is 15.7. The third-order valence-electron chi connectivity index (χ3n) is 4.37. The average molecular weight is 376 g/mol. The van der Waals surface area contributed by atoms with Crippen molar-refractivity contribution in [1.82, 2.24) is 14.7 Å². The monoisotopic (exact) mass is 376 g/mol. The summed E-state index contributed by atoms with van der Waals surface area (Å²) in [6.07, 6.45) is 2.11. The number of aromatic nitrogens is 2. The van der Waals surface area contributed by atoms with Gasteiger partial charge in [0.05, 0.1) is 19.2 Å². The van der Waals surface area contributed by atoms with Gasteiger partial charge in [-0.1, -0.05) is 0 Å². The van der Waals surface area contributed by atoms with Gasteiger partial charge in [-0.2, -0.15) is 5.10 Å². The van der Waals surface area contributed by atoms with E-state index in [1.54, 1.807) is 21.8 Å². The molecule has 0 bridgehead atoms. The number of carbonyl (C=O) groups is 3. The number of esters is 1. The maximum atomic E-state index is 12.6. The SMILES string of the molecule is CCn1nccc1C(=O)Nc1sc2c(c1C(=O)OC)CCN(C(C)=O)C2. The van der Waals surface area contributed by atoms with Gasteiger partial charge in [-0.15, -0.1) is 11.3 Å². The van der Waals surface area contributed by atoms with Gasteiger partial charge in [0.1, 0.15) is 10.7 Å². The Morgan fingerprint density at radius 1 is 1.38 bits per heavy atom. The van der Waals surface area contributed by atoms with Crippen LogP contribution in [0.25, 0.3) is 0 Å². The Morgan fingerprint density at radius 3 is 2.81 bits per heavy atom. The minimum Gasteiger partial charge on any atom is -0.465 e. The lowest BCUT2D eigenvalue weighted by molar-refractivity contribution is -0.129. The van der Waals surface area contributed by atoms with E-state index in [4.69, 9.17) is 4.74 Å². The number of anilines is 1. The number of carbonyl (C=O) groups excluding carboxylic acids is 3. The molecule has 3 rings (SSSR count). The van der Waals surface area contributed by atoms with Crippen molar-refractivity contribution < 1.29 is 19.1 Å². The summed E-state index contributed by atoms with van der Waals surface area (Å²) < 4.78 is 6.49. The molecule has 2 aromatic heterocycles. The van der Waals surface area contributed by atoms with Crippen LogP contribution < -0.4 is 5.32 Å². The van der Waals surface area contributed by atoms with E-state index in [0.717, 1.165) is 10.4 Å². The highest BCUT2D eigenvalue weighted by atomic mass is 32.1. The number of fused-ring (bicyclic) bond motifs is 1. The molecule has 0 unspecified atom stereocenters. The average Bonchev–Trinajstić information content (AvgIpc) is 3.24. The van der Waals surface area contributed by atoms with E-state index in [-0.39, 0.29) is 11.8 Å². The van der Waals surface area contributed by atoms with E-state index >= 15 is 0 Å². The van der Waals surface area contributed by atoms with Gasteiger partial charge in [-0.3, -0.25) is 14.3 Å². The minimum atomic E-state index is -0.488. The molecule has 8 nitrogen and oxygen atoms in total. The summed E-state index contributed by atoms with van der Waals surface area (Å²) >= 11 is 1.31. The summed E-state index contributed by atoms with van der Waals surface area (Å²) in [4.78, 5) is 39.2. The summed E-state index contributed by atoms with van der Waals surface area (Å²) in [6, 6.07) is 1.63. The zero-order chi connectivity index (χ0) is 18.8. The normalized spacial score (nSPS) is 13.3. The smallest absolute Gasteiger partial charge is 0.341 e. The first-order valence-electron chi connectivity index (χ1n) is 8.27. The first kappa shape index (κ1) is 18.1. The van der Waals surface area contributed by atoms with Gasteiger partial charge in [0.25, 0.3) is 5.91 Å². The lowest BCUT2D eigenvalue weighted by Gasteiger charge is -2.25. The molecule has 2 amide bonds. The van der Waals surface area contributed by atoms with Crippen molar-refractivity contribution in [3.05, 3.63) is 34.0 Å². The topological polar surface area (TPSA) is 93.5 Å². The second-order valence-electron chi connectivity index (χ2n) is 5.88. The highest BCUT2D eigenvalue weighted by molar-refractivity contribution is 7.17. The summed E-state index contributed by atoms with van der Waals surface area (Å²) in [6.45, 7) is 4.95. The van der Waals surface area contributed by atoms with Gasteiger partial charge in [-0.25, -0.2) is 4.79 Å². The molecule has 0 atom stereocenters. The molecular formula is C17H20N4O4S. The maximum absolute atomic E-state index is 12.6. The lowest BCUT2D eigenvalue weighted by atomic mass is 10.0. The number of nitrogens with one attached hydrogen (secondary N) is 1. The van der Waals surface area contributed by atoms with Crippen LogP contribution in [0.5, 0.6) is 0 Å². The van der Waals surface area contributed by atoms with Crippen LogP contribution in [-0.4, -0.2) is 46.1 Å². The Labute approximate surface area is 154 Å². The fourth-order valence-corrected chi connectivity index (χ4v) is 4.27. The Bertz CT molecular complexity index is 870. The van der Waals surface area contributed by atoms with Gasteiger partial charge in [-0.05, 0) is 25.0 Å². The largest absolute Gasteiger partial charge is 0.465 e. The third kappa shape index (κ3) is 3.22. The number of hydrogen-bond acceptors (Lipinski definition) is 6. The molecule has 0 saturated carbocycles. The molecule has 0 fully saturated rings. The molecule has 2 aromatic rings. The summed E-state index contributed by atoms with van der Waals surface area (Å²) in [5.74, 6) is -0.837. The first-order valence-corrected chi connectivity index (χ1v) is 9.09. The first-order chi connectivity index (χ1) is 12.5. The van der Waals surface area contributed by atoms with Crippen LogP contribution in [0.4, 0.5) is 5.00 Å². The number of methoxy groups -OCH3 is 1. The molecule has 0 aromatic carbocycles. The van der Waals surface area contributed by atoms with E-state index in [1.807, 2.05) is 6.92 Å². The van der Waals surface area contributed by atoms with Crippen LogP contribution in [0.1, 0.15) is 45.1 Å². The summed E-state index contributed by atoms with van der Waals surface area (Å²) in [5, 5.41) is 7.35. The minimum absolute atomic E-state index is 0.0129. The van der Waals surface area contributed by atoms with Crippen LogP contribution in [0.2, 0.25) is 0 Å². The number of rotatable bonds is 4. The number of thiophene rings is 1. The van der Waals surface area contributed by atoms with E-state index < -0.39 is 5.97 Å². The van der Waals surface area contributed by atoms with Gasteiger partial charge >= 0.3 is 5.97 Å². The van der Waals surface area contributed by atoms with Gasteiger partial charge in [0.15, 0.2) is 0 Å². The van der Waals surface area contributed by atoms with E-state index in [1.165, 1.54) is 25.4 Å². The van der Waals surface area contributed by atoms with Gasteiger partial charge in [0, 0.05) is 31.1 Å². The highest BCUT2D eigenvalue weighted by Crippen LogP contribution is 2.37. The number of ether oxygens (including phenoxy) is 1. The molecule has 0 saturated heterocycles. The Balaban J connectivity index is 1.95. The van der Waals surface area contributed by atoms with E-state index in [9.17, 15) is 14.4 Å². The van der Waals surface area contributed by atoms with Crippen molar-refractivity contribution in [2.24, 2.45) is 0 Å². The van der Waals surface area contributed by atoms with Crippen molar-refractivity contribution >= 4 is 34.1 Å². The summed E-state index contributed by atoms with van der Waals surface area (Å²) in [7, 11) is 1.31. The predicted molar refractivity (Wildman–Crippen MR) is 96.3 cm³/mol. The molecule has 0 aliphatic carbocycles. The molecule has 138 valence electrons.